The first-order valence-electron chi connectivity index (χ1n) is 4.80. The molecule has 0 amide bonds. The van der Waals surface area contributed by atoms with Crippen LogP contribution in [0.4, 0.5) is 0 Å². The smallest absolute Gasteiger partial charge is 0.148 e. The molecule has 82 valence electrons. The SMILES string of the molecule is CSc1c(C#N)c(=N)n2ccccc2c1C#N. The van der Waals surface area contributed by atoms with E-state index >= 15 is 0 Å². The van der Waals surface area contributed by atoms with E-state index < -0.39 is 0 Å². The molecule has 5 heteroatoms. The van der Waals surface area contributed by atoms with E-state index in [1.165, 1.54) is 11.8 Å². The molecule has 0 fully saturated rings. The lowest BCUT2D eigenvalue weighted by molar-refractivity contribution is 0.968. The minimum atomic E-state index is 0.117. The predicted molar refractivity (Wildman–Crippen MR) is 64.5 cm³/mol. The molecule has 2 rings (SSSR count). The van der Waals surface area contributed by atoms with Gasteiger partial charge in [-0.1, -0.05) is 6.07 Å². The van der Waals surface area contributed by atoms with Crippen molar-refractivity contribution in [1.82, 2.24) is 4.40 Å². The number of nitrogens with zero attached hydrogens (tertiary/aromatic N) is 3. The van der Waals surface area contributed by atoms with Crippen molar-refractivity contribution in [2.75, 3.05) is 6.26 Å². The van der Waals surface area contributed by atoms with E-state index in [0.717, 1.165) is 0 Å². The van der Waals surface area contributed by atoms with Crippen molar-refractivity contribution in [3.05, 3.63) is 41.0 Å². The Morgan fingerprint density at radius 3 is 2.53 bits per heavy atom. The molecule has 0 spiro atoms. The van der Waals surface area contributed by atoms with Crippen molar-refractivity contribution < 1.29 is 0 Å². The highest BCUT2D eigenvalue weighted by Crippen LogP contribution is 2.25. The summed E-state index contributed by atoms with van der Waals surface area (Å²) >= 11 is 1.32. The first kappa shape index (κ1) is 11.3. The first-order chi connectivity index (χ1) is 8.24. The lowest BCUT2D eigenvalue weighted by Gasteiger charge is -2.09. The summed E-state index contributed by atoms with van der Waals surface area (Å²) in [5.41, 5.74) is 1.47. The Balaban J connectivity index is 3.13. The molecule has 0 aliphatic rings. The Bertz CT molecular complexity index is 731. The maximum atomic E-state index is 9.21. The van der Waals surface area contributed by atoms with Gasteiger partial charge in [0.25, 0.3) is 0 Å². The van der Waals surface area contributed by atoms with Crippen LogP contribution in [0, 0.1) is 28.1 Å². The molecule has 0 bridgehead atoms. The van der Waals surface area contributed by atoms with Crippen LogP contribution in [0.15, 0.2) is 29.3 Å². The fourth-order valence-electron chi connectivity index (χ4n) is 1.73. The summed E-state index contributed by atoms with van der Waals surface area (Å²) in [6.45, 7) is 0. The summed E-state index contributed by atoms with van der Waals surface area (Å²) < 4.78 is 1.55. The molecule has 0 aromatic carbocycles. The highest BCUT2D eigenvalue weighted by atomic mass is 32.2. The first-order valence-corrected chi connectivity index (χ1v) is 6.03. The van der Waals surface area contributed by atoms with Crippen molar-refractivity contribution in [3.63, 3.8) is 0 Å². The van der Waals surface area contributed by atoms with Crippen LogP contribution in [-0.4, -0.2) is 10.7 Å². The Kier molecular flexibility index (Phi) is 2.86. The van der Waals surface area contributed by atoms with Gasteiger partial charge in [0.2, 0.25) is 0 Å². The molecule has 0 saturated heterocycles. The quantitative estimate of drug-likeness (QED) is 0.773. The average molecular weight is 240 g/mol. The van der Waals surface area contributed by atoms with Gasteiger partial charge in [-0.05, 0) is 18.4 Å². The van der Waals surface area contributed by atoms with E-state index in [4.69, 9.17) is 10.7 Å². The van der Waals surface area contributed by atoms with Crippen LogP contribution in [-0.2, 0) is 0 Å². The van der Waals surface area contributed by atoms with E-state index in [1.807, 2.05) is 12.1 Å². The molecule has 4 nitrogen and oxygen atoms in total. The summed E-state index contributed by atoms with van der Waals surface area (Å²) in [5.74, 6) is 0. The van der Waals surface area contributed by atoms with Gasteiger partial charge in [-0.25, -0.2) is 0 Å². The monoisotopic (exact) mass is 240 g/mol. The van der Waals surface area contributed by atoms with Crippen molar-refractivity contribution in [1.29, 1.82) is 15.9 Å². The Morgan fingerprint density at radius 2 is 1.94 bits per heavy atom. The van der Waals surface area contributed by atoms with E-state index in [1.54, 1.807) is 29.0 Å². The summed E-state index contributed by atoms with van der Waals surface area (Å²) in [4.78, 5) is 0.575. The van der Waals surface area contributed by atoms with Crippen LogP contribution < -0.4 is 5.49 Å². The van der Waals surface area contributed by atoms with Gasteiger partial charge < -0.3 is 0 Å². The number of pyridine rings is 2. The van der Waals surface area contributed by atoms with Gasteiger partial charge in [0.15, 0.2) is 0 Å². The van der Waals surface area contributed by atoms with Crippen molar-refractivity contribution in [2.24, 2.45) is 0 Å². The van der Waals surface area contributed by atoms with Crippen LogP contribution in [0.5, 0.6) is 0 Å². The van der Waals surface area contributed by atoms with Gasteiger partial charge in [-0.2, -0.15) is 10.5 Å². The lowest BCUT2D eigenvalue weighted by Crippen LogP contribution is -2.19. The van der Waals surface area contributed by atoms with Gasteiger partial charge >= 0.3 is 0 Å². The van der Waals surface area contributed by atoms with E-state index in [0.29, 0.717) is 16.0 Å². The molecule has 1 N–H and O–H groups in total. The molecule has 0 aliphatic carbocycles. The van der Waals surface area contributed by atoms with Crippen LogP contribution in [0.2, 0.25) is 0 Å². The molecule has 0 aliphatic heterocycles. The van der Waals surface area contributed by atoms with Gasteiger partial charge in [-0.3, -0.25) is 9.81 Å². The molecule has 2 heterocycles. The molecule has 2 aromatic rings. The average Bonchev–Trinajstić information content (AvgIpc) is 2.38. The lowest BCUT2D eigenvalue weighted by atomic mass is 10.1. The van der Waals surface area contributed by atoms with Gasteiger partial charge in [0, 0.05) is 11.1 Å². The minimum absolute atomic E-state index is 0.117. The Labute approximate surface area is 102 Å². The number of nitrogens with one attached hydrogen (secondary N) is 1. The maximum absolute atomic E-state index is 9.21. The second-order valence-electron chi connectivity index (χ2n) is 3.31. The molecule has 17 heavy (non-hydrogen) atoms. The molecular formula is C12H8N4S. The van der Waals surface area contributed by atoms with Gasteiger partial charge in [0.1, 0.15) is 23.2 Å². The number of rotatable bonds is 1. The summed E-state index contributed by atoms with van der Waals surface area (Å²) in [6, 6.07) is 9.47. The van der Waals surface area contributed by atoms with Crippen LogP contribution in [0.25, 0.3) is 5.52 Å². The van der Waals surface area contributed by atoms with Crippen molar-refractivity contribution in [3.8, 4) is 12.1 Å². The summed E-state index contributed by atoms with van der Waals surface area (Å²) in [5, 5.41) is 26.3. The predicted octanol–water partition coefficient (Wildman–Crippen LogP) is 1.88. The molecule has 0 atom stereocenters. The molecule has 2 aromatic heterocycles. The highest BCUT2D eigenvalue weighted by Gasteiger charge is 2.14. The van der Waals surface area contributed by atoms with E-state index in [-0.39, 0.29) is 11.1 Å². The number of hydrogen-bond donors (Lipinski definition) is 1. The van der Waals surface area contributed by atoms with Crippen molar-refractivity contribution >= 4 is 17.3 Å². The maximum Gasteiger partial charge on any atom is 0.148 e. The van der Waals surface area contributed by atoms with E-state index in [9.17, 15) is 5.26 Å². The zero-order valence-electron chi connectivity index (χ0n) is 9.06. The fourth-order valence-corrected chi connectivity index (χ4v) is 2.43. The van der Waals surface area contributed by atoms with Crippen LogP contribution >= 0.6 is 11.8 Å². The zero-order valence-corrected chi connectivity index (χ0v) is 9.88. The molecule has 0 radical (unpaired) electrons. The second kappa shape index (κ2) is 4.32. The van der Waals surface area contributed by atoms with Crippen molar-refractivity contribution in [2.45, 2.75) is 4.90 Å². The third-order valence-electron chi connectivity index (χ3n) is 2.48. The normalized spacial score (nSPS) is 9.82. The van der Waals surface area contributed by atoms with E-state index in [2.05, 4.69) is 6.07 Å². The zero-order chi connectivity index (χ0) is 12.4. The standard InChI is InChI=1S/C12H8N4S/c1-17-11-8(6-13)10-4-2-3-5-16(10)12(15)9(11)7-14/h2-5,15H,1H3. The van der Waals surface area contributed by atoms with Crippen LogP contribution in [0.1, 0.15) is 11.1 Å². The largest absolute Gasteiger partial charge is 0.300 e. The number of nitriles is 2. The number of fused-ring (bicyclic) bond motifs is 1. The third-order valence-corrected chi connectivity index (χ3v) is 3.29. The topological polar surface area (TPSA) is 75.8 Å². The molecule has 0 unspecified atom stereocenters. The fraction of sp³-hybridized carbons (Fsp3) is 0.0833. The summed E-state index contributed by atoms with van der Waals surface area (Å²) in [6.07, 6.45) is 3.49. The number of thioether (sulfide) groups is 1. The summed E-state index contributed by atoms with van der Waals surface area (Å²) in [7, 11) is 0. The number of hydrogen-bond acceptors (Lipinski definition) is 4. The number of aromatic nitrogens is 1. The molecule has 0 saturated carbocycles. The van der Waals surface area contributed by atoms with Gasteiger partial charge in [0.05, 0.1) is 11.1 Å². The molecular weight excluding hydrogens is 232 g/mol. The third kappa shape index (κ3) is 1.57. The second-order valence-corrected chi connectivity index (χ2v) is 4.13. The van der Waals surface area contributed by atoms with Crippen LogP contribution in [0.3, 0.4) is 0 Å². The Hall–Kier alpha value is -2.24. The highest BCUT2D eigenvalue weighted by molar-refractivity contribution is 7.98. The minimum Gasteiger partial charge on any atom is -0.300 e. The van der Waals surface area contributed by atoms with Gasteiger partial charge in [-0.15, -0.1) is 11.8 Å². The Morgan fingerprint density at radius 1 is 1.24 bits per heavy atom.